The van der Waals surface area contributed by atoms with Gasteiger partial charge in [-0.3, -0.25) is 9.59 Å². The van der Waals surface area contributed by atoms with Gasteiger partial charge in [-0.2, -0.15) is 0 Å². The molecule has 0 aliphatic carbocycles. The quantitative estimate of drug-likeness (QED) is 0.347. The lowest BCUT2D eigenvalue weighted by Gasteiger charge is -2.24. The maximum atomic E-state index is 12.8. The monoisotopic (exact) mass is 425 g/mol. The van der Waals surface area contributed by atoms with Gasteiger partial charge in [-0.25, -0.2) is 4.79 Å². The lowest BCUT2D eigenvalue weighted by molar-refractivity contribution is -0.142. The van der Waals surface area contributed by atoms with Crippen molar-refractivity contribution in [1.82, 2.24) is 10.6 Å². The number of rotatable bonds is 11. The third kappa shape index (κ3) is 9.71. The summed E-state index contributed by atoms with van der Waals surface area (Å²) in [6.07, 6.45) is 0.874. The SMILES string of the molecule is CC(C)CC(N)C(=O)NC(Cc1ccc(O)cc1)C(=O)NC(CC(C)C)C(=O)O.O. The van der Waals surface area contributed by atoms with Crippen LogP contribution in [0.4, 0.5) is 0 Å². The van der Waals surface area contributed by atoms with E-state index in [2.05, 4.69) is 10.6 Å². The fourth-order valence-corrected chi connectivity index (χ4v) is 2.94. The van der Waals surface area contributed by atoms with Crippen molar-refractivity contribution in [3.63, 3.8) is 0 Å². The average Bonchev–Trinajstić information content (AvgIpc) is 2.61. The van der Waals surface area contributed by atoms with Gasteiger partial charge in [0.25, 0.3) is 0 Å². The van der Waals surface area contributed by atoms with Crippen molar-refractivity contribution >= 4 is 17.8 Å². The highest BCUT2D eigenvalue weighted by Gasteiger charge is 2.28. The zero-order valence-electron chi connectivity index (χ0n) is 18.0. The molecule has 0 fully saturated rings. The topological polar surface area (TPSA) is 173 Å². The van der Waals surface area contributed by atoms with Crippen molar-refractivity contribution in [2.75, 3.05) is 0 Å². The van der Waals surface area contributed by atoms with Crippen molar-refractivity contribution in [2.45, 2.75) is 65.1 Å². The summed E-state index contributed by atoms with van der Waals surface area (Å²) in [7, 11) is 0. The smallest absolute Gasteiger partial charge is 0.326 e. The Morgan fingerprint density at radius 1 is 0.900 bits per heavy atom. The first-order chi connectivity index (χ1) is 13.5. The Morgan fingerprint density at radius 2 is 1.40 bits per heavy atom. The second-order valence-corrected chi connectivity index (χ2v) is 8.20. The van der Waals surface area contributed by atoms with Gasteiger partial charge in [0.2, 0.25) is 11.8 Å². The molecule has 0 radical (unpaired) electrons. The number of phenols is 1. The summed E-state index contributed by atoms with van der Waals surface area (Å²) in [6.45, 7) is 7.61. The van der Waals surface area contributed by atoms with Crippen molar-refractivity contribution in [3.8, 4) is 5.75 Å². The van der Waals surface area contributed by atoms with Gasteiger partial charge in [0.15, 0.2) is 0 Å². The van der Waals surface area contributed by atoms with E-state index in [-0.39, 0.29) is 35.9 Å². The van der Waals surface area contributed by atoms with Gasteiger partial charge in [0.05, 0.1) is 6.04 Å². The normalized spacial score (nSPS) is 13.8. The molecule has 9 heteroatoms. The summed E-state index contributed by atoms with van der Waals surface area (Å²) in [6, 6.07) is 3.43. The van der Waals surface area contributed by atoms with Crippen LogP contribution in [0.5, 0.6) is 5.75 Å². The van der Waals surface area contributed by atoms with Crippen molar-refractivity contribution in [3.05, 3.63) is 29.8 Å². The standard InChI is InChI=1S/C21H33N3O5.H2O/c1-12(2)9-16(22)19(26)23-17(11-14-5-7-15(25)8-6-14)20(27)24-18(21(28)29)10-13(3)4;/h5-8,12-13,16-18,25H,9-11,22H2,1-4H3,(H,23,26)(H,24,27)(H,28,29);1H2. The van der Waals surface area contributed by atoms with E-state index in [0.29, 0.717) is 12.0 Å². The van der Waals surface area contributed by atoms with E-state index in [4.69, 9.17) is 5.73 Å². The zero-order chi connectivity index (χ0) is 22.1. The molecule has 1 aromatic rings. The van der Waals surface area contributed by atoms with E-state index in [0.717, 1.165) is 0 Å². The fraction of sp³-hybridized carbons (Fsp3) is 0.571. The first kappa shape index (κ1) is 27.4. The van der Waals surface area contributed by atoms with Crippen LogP contribution in [-0.2, 0) is 20.8 Å². The molecule has 2 amide bonds. The van der Waals surface area contributed by atoms with Crippen LogP contribution >= 0.6 is 0 Å². The Morgan fingerprint density at radius 3 is 1.87 bits per heavy atom. The summed E-state index contributed by atoms with van der Waals surface area (Å²) >= 11 is 0. The van der Waals surface area contributed by atoms with Crippen LogP contribution in [0.2, 0.25) is 0 Å². The summed E-state index contributed by atoms with van der Waals surface area (Å²) in [4.78, 5) is 36.8. The number of hydrogen-bond acceptors (Lipinski definition) is 5. The maximum Gasteiger partial charge on any atom is 0.326 e. The predicted molar refractivity (Wildman–Crippen MR) is 114 cm³/mol. The molecule has 0 heterocycles. The lowest BCUT2D eigenvalue weighted by Crippen LogP contribution is -2.55. The number of benzene rings is 1. The van der Waals surface area contributed by atoms with Crippen LogP contribution in [0, 0.1) is 11.8 Å². The molecule has 170 valence electrons. The van der Waals surface area contributed by atoms with E-state index in [1.807, 2.05) is 27.7 Å². The van der Waals surface area contributed by atoms with E-state index >= 15 is 0 Å². The van der Waals surface area contributed by atoms with Crippen LogP contribution in [0.1, 0.15) is 46.1 Å². The highest BCUT2D eigenvalue weighted by atomic mass is 16.4. The number of amides is 2. The Balaban J connectivity index is 0.00000841. The summed E-state index contributed by atoms with van der Waals surface area (Å²) in [5.74, 6) is -1.81. The minimum Gasteiger partial charge on any atom is -0.508 e. The second-order valence-electron chi connectivity index (χ2n) is 8.20. The van der Waals surface area contributed by atoms with Gasteiger partial charge in [-0.05, 0) is 42.4 Å². The molecule has 30 heavy (non-hydrogen) atoms. The molecule has 1 rings (SSSR count). The lowest BCUT2D eigenvalue weighted by atomic mass is 10.0. The van der Waals surface area contributed by atoms with E-state index in [9.17, 15) is 24.6 Å². The Bertz CT molecular complexity index is 690. The van der Waals surface area contributed by atoms with Gasteiger partial charge in [0.1, 0.15) is 17.8 Å². The van der Waals surface area contributed by atoms with Gasteiger partial charge in [0, 0.05) is 6.42 Å². The van der Waals surface area contributed by atoms with E-state index in [1.54, 1.807) is 12.1 Å². The molecule has 0 aliphatic heterocycles. The molecule has 0 saturated carbocycles. The summed E-state index contributed by atoms with van der Waals surface area (Å²) in [5, 5.41) is 24.0. The van der Waals surface area contributed by atoms with Gasteiger partial charge in [-0.15, -0.1) is 0 Å². The van der Waals surface area contributed by atoms with Gasteiger partial charge in [-0.1, -0.05) is 39.8 Å². The first-order valence-corrected chi connectivity index (χ1v) is 9.86. The van der Waals surface area contributed by atoms with Crippen LogP contribution in [0.3, 0.4) is 0 Å². The highest BCUT2D eigenvalue weighted by molar-refractivity contribution is 5.92. The number of nitrogens with one attached hydrogen (secondary N) is 2. The molecule has 3 atom stereocenters. The zero-order valence-corrected chi connectivity index (χ0v) is 18.0. The minimum absolute atomic E-state index is 0. The number of carboxylic acid groups (broad SMARTS) is 1. The van der Waals surface area contributed by atoms with Crippen LogP contribution < -0.4 is 16.4 Å². The van der Waals surface area contributed by atoms with E-state index < -0.39 is 35.9 Å². The van der Waals surface area contributed by atoms with Crippen molar-refractivity contribution in [1.29, 1.82) is 0 Å². The van der Waals surface area contributed by atoms with Crippen LogP contribution in [0.25, 0.3) is 0 Å². The molecule has 0 aromatic heterocycles. The number of nitrogens with two attached hydrogens (primary N) is 1. The molecule has 0 bridgehead atoms. The third-order valence-electron chi connectivity index (χ3n) is 4.39. The molecule has 9 nitrogen and oxygen atoms in total. The summed E-state index contributed by atoms with van der Waals surface area (Å²) < 4.78 is 0. The maximum absolute atomic E-state index is 12.8. The Hall–Kier alpha value is -2.65. The minimum atomic E-state index is -1.13. The van der Waals surface area contributed by atoms with Gasteiger partial charge >= 0.3 is 5.97 Å². The summed E-state index contributed by atoms with van der Waals surface area (Å²) in [5.41, 5.74) is 6.63. The molecule has 0 aliphatic rings. The molecule has 8 N–H and O–H groups in total. The van der Waals surface area contributed by atoms with Crippen molar-refractivity contribution < 1.29 is 30.1 Å². The van der Waals surface area contributed by atoms with Crippen LogP contribution in [0.15, 0.2) is 24.3 Å². The highest BCUT2D eigenvalue weighted by Crippen LogP contribution is 2.13. The van der Waals surface area contributed by atoms with E-state index in [1.165, 1.54) is 12.1 Å². The molecule has 3 unspecified atom stereocenters. The molecule has 1 aromatic carbocycles. The number of carbonyl (C=O) groups is 3. The second kappa shape index (κ2) is 12.8. The predicted octanol–water partition coefficient (Wildman–Crippen LogP) is 0.584. The fourth-order valence-electron chi connectivity index (χ4n) is 2.94. The largest absolute Gasteiger partial charge is 0.508 e. The number of aromatic hydroxyl groups is 1. The number of aliphatic carboxylic acids is 1. The van der Waals surface area contributed by atoms with Gasteiger partial charge < -0.3 is 32.1 Å². The third-order valence-corrected chi connectivity index (χ3v) is 4.39. The average molecular weight is 426 g/mol. The number of hydrogen-bond donors (Lipinski definition) is 5. The number of phenolic OH excluding ortho intramolecular Hbond substituents is 1. The molecule has 0 saturated heterocycles. The molecule has 0 spiro atoms. The number of carboxylic acids is 1. The Kier molecular flexibility index (Phi) is 11.7. The number of carbonyl (C=O) groups excluding carboxylic acids is 2. The Labute approximate surface area is 177 Å². The molecular formula is C21H35N3O6. The van der Waals surface area contributed by atoms with Crippen LogP contribution in [-0.4, -0.2) is 51.6 Å². The molecular weight excluding hydrogens is 390 g/mol. The first-order valence-electron chi connectivity index (χ1n) is 9.86. The van der Waals surface area contributed by atoms with Crippen molar-refractivity contribution in [2.24, 2.45) is 17.6 Å².